The van der Waals surface area contributed by atoms with Crippen molar-refractivity contribution in [3.8, 4) is 11.8 Å². The molecule has 0 aliphatic rings. The summed E-state index contributed by atoms with van der Waals surface area (Å²) in [6, 6.07) is 9.99. The van der Waals surface area contributed by atoms with E-state index in [0.29, 0.717) is 16.6 Å². The second-order valence-corrected chi connectivity index (χ2v) is 12.0. The lowest BCUT2D eigenvalue weighted by atomic mass is 10.2. The smallest absolute Gasteiger partial charge is 0.181 e. The number of nitrogens with one attached hydrogen (secondary N) is 1. The third-order valence-corrected chi connectivity index (χ3v) is 10.5. The maximum atomic E-state index is 4.44. The van der Waals surface area contributed by atoms with Crippen molar-refractivity contribution in [3.05, 3.63) is 35.9 Å². The lowest BCUT2D eigenvalue weighted by molar-refractivity contribution is 0.749. The van der Waals surface area contributed by atoms with Crippen LogP contribution in [0.25, 0.3) is 0 Å². The van der Waals surface area contributed by atoms with Gasteiger partial charge in [0.1, 0.15) is 0 Å². The van der Waals surface area contributed by atoms with Gasteiger partial charge in [-0.05, 0) is 34.7 Å². The Balaban J connectivity index is 2.79. The van der Waals surface area contributed by atoms with Crippen LogP contribution in [-0.4, -0.2) is 14.5 Å². The first-order valence-corrected chi connectivity index (χ1v) is 9.99. The van der Waals surface area contributed by atoms with Gasteiger partial charge in [0.25, 0.3) is 0 Å². The standard InChI is InChI=1S/C18H28N2Si/c1-15(2)21(16(3)4,17(5)6)20-19-14-10-13-18-11-8-7-9-12-18/h7-9,11-12,14-17,20H,1-6H3/b19-14+. The van der Waals surface area contributed by atoms with Crippen molar-refractivity contribution < 1.29 is 0 Å². The predicted octanol–water partition coefficient (Wildman–Crippen LogP) is 4.79. The Kier molecular flexibility index (Phi) is 6.71. The summed E-state index contributed by atoms with van der Waals surface area (Å²) in [6.07, 6.45) is 1.70. The Hall–Kier alpha value is -1.53. The van der Waals surface area contributed by atoms with Crippen LogP contribution in [0.3, 0.4) is 0 Å². The fourth-order valence-corrected chi connectivity index (χ4v) is 8.26. The first kappa shape index (κ1) is 17.5. The van der Waals surface area contributed by atoms with Crippen LogP contribution in [-0.2, 0) is 0 Å². The molecule has 0 saturated heterocycles. The van der Waals surface area contributed by atoms with Gasteiger partial charge in [0.15, 0.2) is 8.24 Å². The summed E-state index contributed by atoms with van der Waals surface area (Å²) >= 11 is 0. The zero-order chi connectivity index (χ0) is 15.9. The highest BCUT2D eigenvalue weighted by atomic mass is 28.3. The molecule has 21 heavy (non-hydrogen) atoms. The largest absolute Gasteiger partial charge is 0.335 e. The molecule has 0 saturated carbocycles. The zero-order valence-corrected chi connectivity index (χ0v) is 15.1. The highest BCUT2D eigenvalue weighted by molar-refractivity contribution is 6.81. The van der Waals surface area contributed by atoms with Gasteiger partial charge in [-0.3, -0.25) is 0 Å². The highest BCUT2D eigenvalue weighted by Crippen LogP contribution is 2.38. The average Bonchev–Trinajstić information content (AvgIpc) is 2.42. The van der Waals surface area contributed by atoms with Gasteiger partial charge in [0.05, 0.1) is 6.21 Å². The van der Waals surface area contributed by atoms with Gasteiger partial charge < -0.3 is 5.09 Å². The first-order valence-electron chi connectivity index (χ1n) is 7.76. The van der Waals surface area contributed by atoms with Crippen molar-refractivity contribution in [2.45, 2.75) is 58.2 Å². The molecule has 114 valence electrons. The Morgan fingerprint density at radius 3 is 1.95 bits per heavy atom. The molecule has 0 atom stereocenters. The van der Waals surface area contributed by atoms with Gasteiger partial charge in [-0.25, -0.2) is 0 Å². The summed E-state index contributed by atoms with van der Waals surface area (Å²) in [5, 5.41) is 7.96. The van der Waals surface area contributed by atoms with Gasteiger partial charge in [-0.15, -0.1) is 0 Å². The van der Waals surface area contributed by atoms with E-state index in [1.54, 1.807) is 6.21 Å². The molecule has 0 heterocycles. The lowest BCUT2D eigenvalue weighted by Crippen LogP contribution is -2.55. The van der Waals surface area contributed by atoms with E-state index in [1.807, 2.05) is 30.3 Å². The average molecular weight is 301 g/mol. The van der Waals surface area contributed by atoms with Gasteiger partial charge in [0, 0.05) is 5.56 Å². The highest BCUT2D eigenvalue weighted by Gasteiger charge is 2.43. The summed E-state index contributed by atoms with van der Waals surface area (Å²) in [7, 11) is -1.67. The molecular formula is C18H28N2Si. The normalized spacial score (nSPS) is 12.0. The lowest BCUT2D eigenvalue weighted by Gasteiger charge is -2.41. The quantitative estimate of drug-likeness (QED) is 0.359. The number of hydrogen-bond donors (Lipinski definition) is 1. The van der Waals surface area contributed by atoms with E-state index < -0.39 is 8.24 Å². The summed E-state index contributed by atoms with van der Waals surface area (Å²) in [6.45, 7) is 13.9. The fraction of sp³-hybridized carbons (Fsp3) is 0.500. The van der Waals surface area contributed by atoms with E-state index in [0.717, 1.165) is 5.56 Å². The molecule has 0 fully saturated rings. The Morgan fingerprint density at radius 1 is 0.952 bits per heavy atom. The number of benzene rings is 1. The number of hydrogen-bond acceptors (Lipinski definition) is 2. The Morgan fingerprint density at radius 2 is 1.48 bits per heavy atom. The molecule has 1 N–H and O–H groups in total. The van der Waals surface area contributed by atoms with E-state index >= 15 is 0 Å². The predicted molar refractivity (Wildman–Crippen MR) is 96.0 cm³/mol. The molecule has 3 heteroatoms. The van der Waals surface area contributed by atoms with E-state index in [-0.39, 0.29) is 0 Å². The van der Waals surface area contributed by atoms with Crippen LogP contribution < -0.4 is 5.09 Å². The number of rotatable bonds is 5. The second kappa shape index (κ2) is 8.04. The number of nitrogens with zero attached hydrogens (tertiary/aromatic N) is 1. The minimum Gasteiger partial charge on any atom is -0.335 e. The summed E-state index contributed by atoms with van der Waals surface area (Å²) in [5.41, 5.74) is 2.93. The van der Waals surface area contributed by atoms with Crippen LogP contribution >= 0.6 is 0 Å². The maximum absolute atomic E-state index is 4.44. The van der Waals surface area contributed by atoms with E-state index in [1.165, 1.54) is 0 Å². The topological polar surface area (TPSA) is 24.4 Å². The summed E-state index contributed by atoms with van der Waals surface area (Å²) in [5.74, 6) is 6.10. The zero-order valence-electron chi connectivity index (χ0n) is 14.1. The monoisotopic (exact) mass is 300 g/mol. The molecule has 0 unspecified atom stereocenters. The van der Waals surface area contributed by atoms with Crippen molar-refractivity contribution in [1.82, 2.24) is 5.09 Å². The summed E-state index contributed by atoms with van der Waals surface area (Å²) < 4.78 is 0. The minimum atomic E-state index is -1.67. The van der Waals surface area contributed by atoms with E-state index in [4.69, 9.17) is 0 Å². The second-order valence-electron chi connectivity index (χ2n) is 6.40. The van der Waals surface area contributed by atoms with Crippen molar-refractivity contribution >= 4 is 14.5 Å². The fourth-order valence-electron chi connectivity index (χ4n) is 3.20. The van der Waals surface area contributed by atoms with Gasteiger partial charge >= 0.3 is 0 Å². The van der Waals surface area contributed by atoms with Gasteiger partial charge in [-0.2, -0.15) is 5.10 Å². The molecule has 0 radical (unpaired) electrons. The van der Waals surface area contributed by atoms with Crippen molar-refractivity contribution in [1.29, 1.82) is 0 Å². The molecule has 2 nitrogen and oxygen atoms in total. The number of hydrazone groups is 1. The van der Waals surface area contributed by atoms with Crippen LogP contribution in [0.4, 0.5) is 0 Å². The molecule has 0 bridgehead atoms. The van der Waals surface area contributed by atoms with E-state index in [9.17, 15) is 0 Å². The van der Waals surface area contributed by atoms with Gasteiger partial charge in [0.2, 0.25) is 0 Å². The van der Waals surface area contributed by atoms with E-state index in [2.05, 4.69) is 63.6 Å². The first-order chi connectivity index (χ1) is 9.91. The van der Waals surface area contributed by atoms with Crippen molar-refractivity contribution in [2.24, 2.45) is 5.10 Å². The van der Waals surface area contributed by atoms with Gasteiger partial charge in [-0.1, -0.05) is 65.7 Å². The SMILES string of the molecule is CC(C)[Si](N/N=C/C#Cc1ccccc1)(C(C)C)C(C)C. The molecule has 0 aromatic heterocycles. The molecule has 0 spiro atoms. The van der Waals surface area contributed by atoms with Crippen molar-refractivity contribution in [3.63, 3.8) is 0 Å². The summed E-state index contributed by atoms with van der Waals surface area (Å²) in [4.78, 5) is 0. The molecule has 0 aliphatic carbocycles. The maximum Gasteiger partial charge on any atom is 0.181 e. The van der Waals surface area contributed by atoms with Crippen molar-refractivity contribution in [2.75, 3.05) is 0 Å². The molecule has 1 aromatic carbocycles. The van der Waals surface area contributed by atoms with Crippen LogP contribution in [0, 0.1) is 11.8 Å². The minimum absolute atomic E-state index is 0.636. The molecule has 0 amide bonds. The third kappa shape index (κ3) is 4.47. The Labute approximate surface area is 131 Å². The van der Waals surface area contributed by atoms with Crippen LogP contribution in [0.2, 0.25) is 16.6 Å². The molecular weight excluding hydrogens is 272 g/mol. The van der Waals surface area contributed by atoms with Crippen LogP contribution in [0.5, 0.6) is 0 Å². The van der Waals surface area contributed by atoms with Crippen LogP contribution in [0.15, 0.2) is 35.4 Å². The Bertz CT molecular complexity index is 485. The molecule has 1 rings (SSSR count). The molecule has 1 aromatic rings. The molecule has 0 aliphatic heterocycles. The van der Waals surface area contributed by atoms with Crippen LogP contribution in [0.1, 0.15) is 47.1 Å². The third-order valence-electron chi connectivity index (χ3n) is 4.24.